The van der Waals surface area contributed by atoms with Crippen LogP contribution in [0.2, 0.25) is 25.7 Å². The summed E-state index contributed by atoms with van der Waals surface area (Å²) in [5.74, 6) is -2.71. The van der Waals surface area contributed by atoms with E-state index in [-0.39, 0.29) is 29.5 Å². The van der Waals surface area contributed by atoms with Gasteiger partial charge in [-0.2, -0.15) is 5.10 Å². The van der Waals surface area contributed by atoms with Gasteiger partial charge in [0.05, 0.1) is 12.7 Å². The Bertz CT molecular complexity index is 989. The van der Waals surface area contributed by atoms with Gasteiger partial charge in [0.15, 0.2) is 11.6 Å². The van der Waals surface area contributed by atoms with Crippen molar-refractivity contribution in [2.24, 2.45) is 0 Å². The summed E-state index contributed by atoms with van der Waals surface area (Å²) in [4.78, 5) is 0. The molecule has 9 heteroatoms. The van der Waals surface area contributed by atoms with E-state index in [1.54, 1.807) is 0 Å². The number of benzene rings is 1. The van der Waals surface area contributed by atoms with Crippen LogP contribution in [0.1, 0.15) is 61.6 Å². The number of nitrogens with one attached hydrogen (secondary N) is 1. The average molecular weight is 524 g/mol. The van der Waals surface area contributed by atoms with Crippen molar-refractivity contribution < 1.29 is 22.6 Å². The average Bonchev–Trinajstić information content (AvgIpc) is 3.32. The molecule has 1 aliphatic heterocycles. The second-order valence-electron chi connectivity index (χ2n) is 11.5. The normalized spacial score (nSPS) is 25.3. The van der Waals surface area contributed by atoms with E-state index < -0.39 is 25.5 Å². The zero-order valence-electron chi connectivity index (χ0n) is 21.7. The maximum absolute atomic E-state index is 14.2. The fraction of sp³-hybridized carbons (Fsp3) is 0.667. The third-order valence-corrected chi connectivity index (χ3v) is 9.30. The fourth-order valence-corrected chi connectivity index (χ4v) is 6.21. The van der Waals surface area contributed by atoms with Gasteiger partial charge >= 0.3 is 0 Å². The minimum absolute atomic E-state index is 0.0418. The first-order valence-electron chi connectivity index (χ1n) is 13.3. The molecule has 2 heterocycles. The third-order valence-electron chi connectivity index (χ3n) is 7.60. The molecule has 1 N–H and O–H groups in total. The molecule has 0 radical (unpaired) electrons. The van der Waals surface area contributed by atoms with Crippen molar-refractivity contribution in [2.45, 2.75) is 94.9 Å². The van der Waals surface area contributed by atoms with Crippen LogP contribution in [0.25, 0.3) is 0 Å². The van der Waals surface area contributed by atoms with Crippen molar-refractivity contribution in [1.82, 2.24) is 15.1 Å². The molecule has 0 bridgehead atoms. The highest BCUT2D eigenvalue weighted by Gasteiger charge is 2.32. The van der Waals surface area contributed by atoms with Crippen LogP contribution in [-0.4, -0.2) is 49.8 Å². The molecule has 2 fully saturated rings. The van der Waals surface area contributed by atoms with Crippen molar-refractivity contribution in [1.29, 1.82) is 0 Å². The molecule has 200 valence electrons. The lowest BCUT2D eigenvalue weighted by atomic mass is 9.82. The summed E-state index contributed by atoms with van der Waals surface area (Å²) < 4.78 is 56.3. The zero-order chi connectivity index (χ0) is 25.7. The highest BCUT2D eigenvalue weighted by molar-refractivity contribution is 6.76. The number of aromatic nitrogens is 2. The van der Waals surface area contributed by atoms with Gasteiger partial charge in [0.2, 0.25) is 0 Å². The van der Waals surface area contributed by atoms with E-state index in [2.05, 4.69) is 36.1 Å². The predicted octanol–water partition coefficient (Wildman–Crippen LogP) is 6.19. The van der Waals surface area contributed by atoms with E-state index in [1.165, 1.54) is 5.69 Å². The summed E-state index contributed by atoms with van der Waals surface area (Å²) in [6, 6.07) is 5.26. The van der Waals surface area contributed by atoms with Gasteiger partial charge in [-0.25, -0.2) is 17.9 Å². The maximum atomic E-state index is 14.2. The highest BCUT2D eigenvalue weighted by atomic mass is 28.3. The second-order valence-corrected chi connectivity index (χ2v) is 17.1. The Morgan fingerprint density at radius 3 is 2.53 bits per heavy atom. The second kappa shape index (κ2) is 12.2. The molecule has 0 amide bonds. The van der Waals surface area contributed by atoms with Gasteiger partial charge in [0, 0.05) is 44.1 Å². The molecule has 1 aromatic heterocycles. The van der Waals surface area contributed by atoms with E-state index in [1.807, 2.05) is 10.9 Å². The molecule has 36 heavy (non-hydrogen) atoms. The largest absolute Gasteiger partial charge is 0.377 e. The van der Waals surface area contributed by atoms with Gasteiger partial charge in [-0.15, -0.1) is 0 Å². The topological polar surface area (TPSA) is 48.3 Å². The van der Waals surface area contributed by atoms with Crippen LogP contribution in [0.4, 0.5) is 13.2 Å². The summed E-state index contributed by atoms with van der Waals surface area (Å²) in [5.41, 5.74) is 1.06. The molecule has 2 atom stereocenters. The van der Waals surface area contributed by atoms with Crippen LogP contribution >= 0.6 is 0 Å². The van der Waals surface area contributed by atoms with Crippen molar-refractivity contribution in [2.75, 3.05) is 19.8 Å². The Balaban J connectivity index is 1.29. The third kappa shape index (κ3) is 6.99. The van der Waals surface area contributed by atoms with E-state index >= 15 is 0 Å². The number of piperidine rings is 1. The summed E-state index contributed by atoms with van der Waals surface area (Å²) in [5, 5.41) is 8.14. The van der Waals surface area contributed by atoms with Crippen molar-refractivity contribution in [3.63, 3.8) is 0 Å². The Morgan fingerprint density at radius 1 is 1.03 bits per heavy atom. The molecule has 1 saturated heterocycles. The Hall–Kier alpha value is -1.68. The standard InChI is InChI=1S/C27H40F3N3O2Si/c1-36(2,3)16-15-34-18-33-25(12-14-32-33)21-5-4-13-31-24(21)17-35-20-8-6-19(7-9-20)26-22(28)10-11-23(29)27(26)30/h10-12,14,19-21,24,31H,4-9,13,15-18H2,1-3H3. The van der Waals surface area contributed by atoms with Gasteiger partial charge in [0.25, 0.3) is 0 Å². The summed E-state index contributed by atoms with van der Waals surface area (Å²) in [6.45, 7) is 9.79. The molecule has 1 saturated carbocycles. The van der Waals surface area contributed by atoms with Crippen LogP contribution in [0.5, 0.6) is 0 Å². The number of hydrogen-bond donors (Lipinski definition) is 1. The molecular weight excluding hydrogens is 483 g/mol. The molecule has 2 aliphatic rings. The van der Waals surface area contributed by atoms with Gasteiger partial charge in [0.1, 0.15) is 12.5 Å². The Labute approximate surface area is 213 Å². The lowest BCUT2D eigenvalue weighted by molar-refractivity contribution is 0.00403. The first kappa shape index (κ1) is 27.4. The molecule has 1 aromatic carbocycles. The predicted molar refractivity (Wildman–Crippen MR) is 137 cm³/mol. The number of halogens is 3. The number of ether oxygens (including phenoxy) is 2. The quantitative estimate of drug-likeness (QED) is 0.229. The van der Waals surface area contributed by atoms with Crippen molar-refractivity contribution in [3.05, 3.63) is 53.1 Å². The molecule has 2 aromatic rings. The van der Waals surface area contributed by atoms with E-state index in [4.69, 9.17) is 9.47 Å². The molecular formula is C27H40F3N3O2Si. The van der Waals surface area contributed by atoms with Crippen LogP contribution in [0, 0.1) is 17.5 Å². The zero-order valence-corrected chi connectivity index (χ0v) is 22.7. The summed E-state index contributed by atoms with van der Waals surface area (Å²) in [6.07, 6.45) is 6.64. The first-order valence-corrected chi connectivity index (χ1v) is 17.0. The smallest absolute Gasteiger partial charge is 0.165 e. The lowest BCUT2D eigenvalue weighted by Gasteiger charge is -2.35. The first-order chi connectivity index (χ1) is 17.2. The van der Waals surface area contributed by atoms with Gasteiger partial charge < -0.3 is 14.8 Å². The molecule has 4 rings (SSSR count). The molecule has 0 spiro atoms. The summed E-state index contributed by atoms with van der Waals surface area (Å²) >= 11 is 0. The van der Waals surface area contributed by atoms with E-state index in [0.29, 0.717) is 39.0 Å². The SMILES string of the molecule is C[Si](C)(C)CCOCn1nccc1C1CCCNC1COC1CCC(c2c(F)ccc(F)c2F)CC1. The molecule has 5 nitrogen and oxygen atoms in total. The highest BCUT2D eigenvalue weighted by Crippen LogP contribution is 2.37. The lowest BCUT2D eigenvalue weighted by Crippen LogP contribution is -2.44. The van der Waals surface area contributed by atoms with Gasteiger partial charge in [-0.1, -0.05) is 19.6 Å². The minimum atomic E-state index is -1.13. The Kier molecular flexibility index (Phi) is 9.30. The van der Waals surface area contributed by atoms with Crippen LogP contribution in [0.3, 0.4) is 0 Å². The van der Waals surface area contributed by atoms with Crippen LogP contribution < -0.4 is 5.32 Å². The maximum Gasteiger partial charge on any atom is 0.165 e. The van der Waals surface area contributed by atoms with E-state index in [9.17, 15) is 13.2 Å². The van der Waals surface area contributed by atoms with Crippen LogP contribution in [0.15, 0.2) is 24.4 Å². The Morgan fingerprint density at radius 2 is 1.78 bits per heavy atom. The number of nitrogens with zero attached hydrogens (tertiary/aromatic N) is 2. The van der Waals surface area contributed by atoms with Gasteiger partial charge in [-0.3, -0.25) is 0 Å². The summed E-state index contributed by atoms with van der Waals surface area (Å²) in [7, 11) is -1.13. The number of rotatable bonds is 10. The number of hydrogen-bond acceptors (Lipinski definition) is 4. The minimum Gasteiger partial charge on any atom is -0.377 e. The van der Waals surface area contributed by atoms with Gasteiger partial charge in [-0.05, 0) is 75.2 Å². The van der Waals surface area contributed by atoms with Crippen molar-refractivity contribution in [3.8, 4) is 0 Å². The fourth-order valence-electron chi connectivity index (χ4n) is 5.45. The molecule has 2 unspecified atom stereocenters. The molecule has 1 aliphatic carbocycles. The van der Waals surface area contributed by atoms with E-state index in [0.717, 1.165) is 44.2 Å². The monoisotopic (exact) mass is 523 g/mol. The van der Waals surface area contributed by atoms with Crippen LogP contribution in [-0.2, 0) is 16.2 Å². The van der Waals surface area contributed by atoms with Crippen molar-refractivity contribution >= 4 is 8.07 Å².